The Bertz CT molecular complexity index is 549. The predicted octanol–water partition coefficient (Wildman–Crippen LogP) is 2.00. The predicted molar refractivity (Wildman–Crippen MR) is 80.8 cm³/mol. The highest BCUT2D eigenvalue weighted by Crippen LogP contribution is 2.32. The van der Waals surface area contributed by atoms with E-state index in [9.17, 15) is 9.59 Å². The van der Waals surface area contributed by atoms with E-state index in [0.29, 0.717) is 19.5 Å². The zero-order valence-electron chi connectivity index (χ0n) is 12.4. The molecule has 0 unspecified atom stereocenters. The van der Waals surface area contributed by atoms with Crippen molar-refractivity contribution >= 4 is 23.2 Å². The number of nitrogens with one attached hydrogen (secondary N) is 1. The Labute approximate surface area is 128 Å². The Hall–Kier alpha value is -1.43. The van der Waals surface area contributed by atoms with Crippen molar-refractivity contribution in [2.45, 2.75) is 57.5 Å². The second-order valence-electron chi connectivity index (χ2n) is 6.03. The first-order valence-corrected chi connectivity index (χ1v) is 8.42. The van der Waals surface area contributed by atoms with Crippen molar-refractivity contribution in [3.05, 3.63) is 16.1 Å². The Morgan fingerprint density at radius 3 is 2.76 bits per heavy atom. The maximum absolute atomic E-state index is 13.0. The zero-order chi connectivity index (χ0) is 14.9. The Morgan fingerprint density at radius 2 is 2.10 bits per heavy atom. The van der Waals surface area contributed by atoms with E-state index >= 15 is 0 Å². The summed E-state index contributed by atoms with van der Waals surface area (Å²) in [6.45, 7) is 3.03. The minimum absolute atomic E-state index is 0.00284. The molecule has 0 atom stereocenters. The van der Waals surface area contributed by atoms with Gasteiger partial charge in [-0.05, 0) is 19.8 Å². The van der Waals surface area contributed by atoms with Gasteiger partial charge in [0, 0.05) is 24.0 Å². The van der Waals surface area contributed by atoms with Gasteiger partial charge in [-0.2, -0.15) is 0 Å². The van der Waals surface area contributed by atoms with E-state index < -0.39 is 5.54 Å². The first kappa shape index (κ1) is 14.5. The molecule has 1 saturated carbocycles. The Morgan fingerprint density at radius 1 is 1.33 bits per heavy atom. The van der Waals surface area contributed by atoms with Crippen LogP contribution in [0.25, 0.3) is 0 Å². The minimum atomic E-state index is -0.655. The van der Waals surface area contributed by atoms with Crippen molar-refractivity contribution in [2.75, 3.05) is 6.54 Å². The maximum Gasteiger partial charge on any atom is 0.248 e. The average Bonchev–Trinajstić information content (AvgIpc) is 2.84. The molecule has 1 N–H and O–H groups in total. The van der Waals surface area contributed by atoms with Gasteiger partial charge in [0.25, 0.3) is 0 Å². The van der Waals surface area contributed by atoms with Crippen molar-refractivity contribution in [1.29, 1.82) is 0 Å². The van der Waals surface area contributed by atoms with Crippen molar-refractivity contribution in [3.63, 3.8) is 0 Å². The van der Waals surface area contributed by atoms with Crippen LogP contribution in [0.1, 0.15) is 48.4 Å². The molecule has 0 radical (unpaired) electrons. The topological polar surface area (TPSA) is 62.3 Å². The molecule has 2 amide bonds. The van der Waals surface area contributed by atoms with Gasteiger partial charge >= 0.3 is 0 Å². The monoisotopic (exact) mass is 307 g/mol. The van der Waals surface area contributed by atoms with Gasteiger partial charge in [0.15, 0.2) is 0 Å². The Kier molecular flexibility index (Phi) is 3.97. The molecule has 3 rings (SSSR count). The highest BCUT2D eigenvalue weighted by atomic mass is 32.1. The van der Waals surface area contributed by atoms with E-state index in [1.54, 1.807) is 11.3 Å². The normalized spacial score (nSPS) is 22.2. The van der Waals surface area contributed by atoms with Gasteiger partial charge in [-0.15, -0.1) is 11.3 Å². The number of thiazole rings is 1. The molecule has 1 spiro atoms. The van der Waals surface area contributed by atoms with Crippen LogP contribution >= 0.6 is 11.3 Å². The zero-order valence-corrected chi connectivity index (χ0v) is 13.2. The molecular weight excluding hydrogens is 286 g/mol. The summed E-state index contributed by atoms with van der Waals surface area (Å²) >= 11 is 1.62. The van der Waals surface area contributed by atoms with Crippen molar-refractivity contribution < 1.29 is 9.59 Å². The number of aryl methyl sites for hydroxylation is 1. The van der Waals surface area contributed by atoms with Gasteiger partial charge in [-0.1, -0.05) is 19.3 Å². The minimum Gasteiger partial charge on any atom is -0.342 e. The summed E-state index contributed by atoms with van der Waals surface area (Å²) in [4.78, 5) is 32.3. The third-order valence-corrected chi connectivity index (χ3v) is 5.28. The highest BCUT2D eigenvalue weighted by Gasteiger charge is 2.45. The average molecular weight is 307 g/mol. The molecule has 5 nitrogen and oxygen atoms in total. The largest absolute Gasteiger partial charge is 0.342 e. The van der Waals surface area contributed by atoms with Crippen LogP contribution < -0.4 is 5.32 Å². The molecule has 1 aliphatic carbocycles. The van der Waals surface area contributed by atoms with E-state index in [0.717, 1.165) is 42.0 Å². The first-order valence-electron chi connectivity index (χ1n) is 7.61. The quantitative estimate of drug-likeness (QED) is 0.909. The summed E-state index contributed by atoms with van der Waals surface area (Å²) in [5.74, 6) is 0.0870. The van der Waals surface area contributed by atoms with E-state index in [1.165, 1.54) is 0 Å². The van der Waals surface area contributed by atoms with Crippen molar-refractivity contribution in [1.82, 2.24) is 15.2 Å². The van der Waals surface area contributed by atoms with Crippen LogP contribution in [-0.4, -0.2) is 33.8 Å². The summed E-state index contributed by atoms with van der Waals surface area (Å²) in [5, 5.41) is 3.96. The molecule has 21 heavy (non-hydrogen) atoms. The van der Waals surface area contributed by atoms with Crippen molar-refractivity contribution in [2.24, 2.45) is 0 Å². The van der Waals surface area contributed by atoms with E-state index in [2.05, 4.69) is 10.3 Å². The first-order chi connectivity index (χ1) is 10.1. The van der Waals surface area contributed by atoms with Crippen LogP contribution in [0.3, 0.4) is 0 Å². The lowest BCUT2D eigenvalue weighted by Crippen LogP contribution is -2.57. The van der Waals surface area contributed by atoms with E-state index in [1.807, 2.05) is 18.0 Å². The molecule has 0 bridgehead atoms. The summed E-state index contributed by atoms with van der Waals surface area (Å²) in [6, 6.07) is 0. The van der Waals surface area contributed by atoms with E-state index in [-0.39, 0.29) is 11.8 Å². The third-order valence-electron chi connectivity index (χ3n) is 4.39. The summed E-state index contributed by atoms with van der Waals surface area (Å²) in [6.07, 6.45) is 6.93. The second kappa shape index (κ2) is 5.75. The fraction of sp³-hybridized carbons (Fsp3) is 0.667. The lowest BCUT2D eigenvalue weighted by molar-refractivity contribution is -0.140. The van der Waals surface area contributed by atoms with Gasteiger partial charge in [0.05, 0.1) is 6.54 Å². The van der Waals surface area contributed by atoms with Crippen LogP contribution in [0.15, 0.2) is 6.20 Å². The van der Waals surface area contributed by atoms with Crippen LogP contribution in [0, 0.1) is 6.92 Å². The van der Waals surface area contributed by atoms with E-state index in [4.69, 9.17) is 0 Å². The highest BCUT2D eigenvalue weighted by molar-refractivity contribution is 7.11. The fourth-order valence-electron chi connectivity index (χ4n) is 3.31. The molecule has 1 aromatic heterocycles. The molecule has 6 heteroatoms. The summed E-state index contributed by atoms with van der Waals surface area (Å²) < 4.78 is 0. The molecule has 114 valence electrons. The number of carbonyl (C=O) groups excluding carboxylic acids is 2. The van der Waals surface area contributed by atoms with Gasteiger partial charge in [-0.3, -0.25) is 9.59 Å². The molecule has 1 saturated heterocycles. The smallest absolute Gasteiger partial charge is 0.248 e. The number of hydrogen-bond acceptors (Lipinski definition) is 4. The molecule has 1 aliphatic heterocycles. The van der Waals surface area contributed by atoms with Crippen LogP contribution in [0.2, 0.25) is 0 Å². The number of carbonyl (C=O) groups is 2. The molecule has 1 aromatic rings. The van der Waals surface area contributed by atoms with Gasteiger partial charge in [0.1, 0.15) is 10.5 Å². The van der Waals surface area contributed by atoms with Crippen LogP contribution in [0.5, 0.6) is 0 Å². The SMILES string of the molecule is Cc1cnc(CN2CCC(=O)NC3(CCCCC3)C2=O)s1. The second-order valence-corrected chi connectivity index (χ2v) is 7.35. The fourth-order valence-corrected chi connectivity index (χ4v) is 4.11. The lowest BCUT2D eigenvalue weighted by atomic mass is 9.80. The molecular formula is C15H21N3O2S. The molecule has 0 aromatic carbocycles. The molecule has 2 heterocycles. The number of nitrogens with zero attached hydrogens (tertiary/aromatic N) is 2. The van der Waals surface area contributed by atoms with Gasteiger partial charge < -0.3 is 10.2 Å². The molecule has 2 aliphatic rings. The maximum atomic E-state index is 13.0. The van der Waals surface area contributed by atoms with Crippen molar-refractivity contribution in [3.8, 4) is 0 Å². The number of aromatic nitrogens is 1. The standard InChI is InChI=1S/C15H21N3O2S/c1-11-9-16-13(21-11)10-18-8-5-12(19)17-15(14(18)20)6-3-2-4-7-15/h9H,2-8,10H2,1H3,(H,17,19). The summed E-state index contributed by atoms with van der Waals surface area (Å²) in [7, 11) is 0. The third kappa shape index (κ3) is 2.95. The lowest BCUT2D eigenvalue weighted by Gasteiger charge is -2.37. The molecule has 2 fully saturated rings. The Balaban J connectivity index is 1.82. The van der Waals surface area contributed by atoms with Gasteiger partial charge in [0.2, 0.25) is 11.8 Å². The number of rotatable bonds is 2. The van der Waals surface area contributed by atoms with Gasteiger partial charge in [-0.25, -0.2) is 4.98 Å². The summed E-state index contributed by atoms with van der Waals surface area (Å²) in [5.41, 5.74) is -0.655. The van der Waals surface area contributed by atoms with Crippen LogP contribution in [-0.2, 0) is 16.1 Å². The number of hydrogen-bond donors (Lipinski definition) is 1. The van der Waals surface area contributed by atoms with Crippen LogP contribution in [0.4, 0.5) is 0 Å². The number of amides is 2.